The first kappa shape index (κ1) is 14.6. The van der Waals surface area contributed by atoms with Gasteiger partial charge in [0, 0.05) is 11.7 Å². The molecule has 0 spiro atoms. The van der Waals surface area contributed by atoms with Gasteiger partial charge in [-0.3, -0.25) is 0 Å². The van der Waals surface area contributed by atoms with Crippen molar-refractivity contribution in [1.82, 2.24) is 4.72 Å². The maximum absolute atomic E-state index is 12.4. The summed E-state index contributed by atoms with van der Waals surface area (Å²) >= 11 is 0. The van der Waals surface area contributed by atoms with Crippen LogP contribution in [0.1, 0.15) is 24.1 Å². The summed E-state index contributed by atoms with van der Waals surface area (Å²) in [5.41, 5.74) is 7.72. The molecule has 0 aromatic heterocycles. The molecule has 4 nitrogen and oxygen atoms in total. The van der Waals surface area contributed by atoms with Crippen LogP contribution in [0.5, 0.6) is 0 Å². The van der Waals surface area contributed by atoms with Crippen LogP contribution in [0.3, 0.4) is 0 Å². The van der Waals surface area contributed by atoms with Gasteiger partial charge in [0.05, 0.1) is 4.90 Å². The zero-order valence-corrected chi connectivity index (χ0v) is 12.3. The maximum Gasteiger partial charge on any atom is 0.241 e. The summed E-state index contributed by atoms with van der Waals surface area (Å²) in [5.74, 6) is 0. The van der Waals surface area contributed by atoms with Crippen LogP contribution in [0.25, 0.3) is 0 Å². The molecule has 0 bridgehead atoms. The van der Waals surface area contributed by atoms with E-state index in [1.54, 1.807) is 25.1 Å². The smallest absolute Gasteiger partial charge is 0.241 e. The number of nitrogens with one attached hydrogen (secondary N) is 1. The Kier molecular flexibility index (Phi) is 4.11. The lowest BCUT2D eigenvalue weighted by molar-refractivity contribution is 0.566. The molecule has 0 radical (unpaired) electrons. The average Bonchev–Trinajstić information content (AvgIpc) is 2.42. The predicted molar refractivity (Wildman–Crippen MR) is 80.8 cm³/mol. The summed E-state index contributed by atoms with van der Waals surface area (Å²) in [7, 11) is -3.59. The predicted octanol–water partition coefficient (Wildman–Crippen LogP) is 2.62. The van der Waals surface area contributed by atoms with Gasteiger partial charge in [-0.05, 0) is 37.1 Å². The number of rotatable bonds is 4. The second-order valence-corrected chi connectivity index (χ2v) is 6.41. The molecule has 1 unspecified atom stereocenters. The van der Waals surface area contributed by atoms with Crippen molar-refractivity contribution in [2.75, 3.05) is 5.73 Å². The van der Waals surface area contributed by atoms with E-state index in [9.17, 15) is 8.42 Å². The highest BCUT2D eigenvalue weighted by molar-refractivity contribution is 7.89. The van der Waals surface area contributed by atoms with Gasteiger partial charge in [0.25, 0.3) is 0 Å². The number of hydrogen-bond acceptors (Lipinski definition) is 3. The first-order chi connectivity index (χ1) is 9.42. The van der Waals surface area contributed by atoms with E-state index < -0.39 is 10.0 Å². The summed E-state index contributed by atoms with van der Waals surface area (Å²) in [6.45, 7) is 3.52. The summed E-state index contributed by atoms with van der Waals surface area (Å²) in [6, 6.07) is 14.0. The van der Waals surface area contributed by atoms with E-state index in [1.165, 1.54) is 0 Å². The molecule has 2 rings (SSSR count). The number of nitrogen functional groups attached to an aromatic ring is 1. The highest BCUT2D eigenvalue weighted by Gasteiger charge is 2.20. The first-order valence-electron chi connectivity index (χ1n) is 6.34. The van der Waals surface area contributed by atoms with Gasteiger partial charge in [-0.25, -0.2) is 13.1 Å². The Balaban J connectivity index is 2.30. The molecule has 0 aliphatic carbocycles. The largest absolute Gasteiger partial charge is 0.398 e. The number of sulfonamides is 1. The van der Waals surface area contributed by atoms with Crippen molar-refractivity contribution in [3.63, 3.8) is 0 Å². The lowest BCUT2D eigenvalue weighted by Gasteiger charge is -2.16. The van der Waals surface area contributed by atoms with Crippen LogP contribution < -0.4 is 10.5 Å². The summed E-state index contributed by atoms with van der Waals surface area (Å²) in [6.07, 6.45) is 0. The Bertz CT molecular complexity index is 697. The fraction of sp³-hybridized carbons (Fsp3) is 0.200. The highest BCUT2D eigenvalue weighted by Crippen LogP contribution is 2.22. The van der Waals surface area contributed by atoms with Crippen molar-refractivity contribution >= 4 is 15.7 Å². The van der Waals surface area contributed by atoms with Crippen molar-refractivity contribution in [2.45, 2.75) is 24.8 Å². The monoisotopic (exact) mass is 290 g/mol. The minimum atomic E-state index is -3.59. The van der Waals surface area contributed by atoms with E-state index in [4.69, 9.17) is 5.73 Å². The first-order valence-corrected chi connectivity index (χ1v) is 7.82. The van der Waals surface area contributed by atoms with Crippen LogP contribution in [0.2, 0.25) is 0 Å². The van der Waals surface area contributed by atoms with Gasteiger partial charge >= 0.3 is 0 Å². The van der Waals surface area contributed by atoms with E-state index in [2.05, 4.69) is 4.72 Å². The fourth-order valence-electron chi connectivity index (χ4n) is 2.03. The molecule has 0 fully saturated rings. The fourth-order valence-corrected chi connectivity index (χ4v) is 3.54. The van der Waals surface area contributed by atoms with Crippen molar-refractivity contribution in [3.8, 4) is 0 Å². The lowest BCUT2D eigenvalue weighted by Crippen LogP contribution is -2.27. The molecule has 0 saturated heterocycles. The molecule has 0 amide bonds. The van der Waals surface area contributed by atoms with Crippen LogP contribution in [0.4, 0.5) is 5.69 Å². The molecular formula is C15H18N2O2S. The third-order valence-electron chi connectivity index (χ3n) is 3.25. The van der Waals surface area contributed by atoms with Crippen molar-refractivity contribution in [1.29, 1.82) is 0 Å². The molecule has 5 heteroatoms. The van der Waals surface area contributed by atoms with Crippen molar-refractivity contribution in [2.24, 2.45) is 0 Å². The number of hydrogen-bond donors (Lipinski definition) is 2. The van der Waals surface area contributed by atoms with Crippen molar-refractivity contribution < 1.29 is 8.42 Å². The van der Waals surface area contributed by atoms with E-state index in [1.807, 2.05) is 37.3 Å². The van der Waals surface area contributed by atoms with Gasteiger partial charge in [-0.15, -0.1) is 0 Å². The molecule has 106 valence electrons. The van der Waals surface area contributed by atoms with Crippen LogP contribution in [-0.4, -0.2) is 8.42 Å². The van der Waals surface area contributed by atoms with Gasteiger partial charge in [0.1, 0.15) is 0 Å². The number of nitrogens with two attached hydrogens (primary N) is 1. The molecule has 2 aromatic carbocycles. The molecule has 0 aliphatic heterocycles. The van der Waals surface area contributed by atoms with Gasteiger partial charge in [0.15, 0.2) is 0 Å². The summed E-state index contributed by atoms with van der Waals surface area (Å²) < 4.78 is 27.5. The van der Waals surface area contributed by atoms with E-state index >= 15 is 0 Å². The van der Waals surface area contributed by atoms with Gasteiger partial charge in [-0.2, -0.15) is 0 Å². The van der Waals surface area contributed by atoms with Gasteiger partial charge in [0.2, 0.25) is 10.0 Å². The zero-order chi connectivity index (χ0) is 14.8. The minimum Gasteiger partial charge on any atom is -0.398 e. The molecule has 20 heavy (non-hydrogen) atoms. The van der Waals surface area contributed by atoms with E-state index in [0.717, 1.165) is 5.56 Å². The third kappa shape index (κ3) is 3.00. The second kappa shape index (κ2) is 5.64. The van der Waals surface area contributed by atoms with Crippen LogP contribution in [0.15, 0.2) is 53.4 Å². The Hall–Kier alpha value is -1.85. The topological polar surface area (TPSA) is 72.2 Å². The molecule has 0 heterocycles. The van der Waals surface area contributed by atoms with Gasteiger partial charge in [-0.1, -0.05) is 36.4 Å². The molecule has 0 saturated carbocycles. The minimum absolute atomic E-state index is 0.222. The molecule has 3 N–H and O–H groups in total. The molecule has 0 aliphatic rings. The molecular weight excluding hydrogens is 272 g/mol. The number of anilines is 1. The van der Waals surface area contributed by atoms with Gasteiger partial charge < -0.3 is 5.73 Å². The summed E-state index contributed by atoms with van der Waals surface area (Å²) in [4.78, 5) is 0.222. The maximum atomic E-state index is 12.4. The highest BCUT2D eigenvalue weighted by atomic mass is 32.2. The normalized spacial score (nSPS) is 13.1. The average molecular weight is 290 g/mol. The lowest BCUT2D eigenvalue weighted by atomic mass is 10.1. The van der Waals surface area contributed by atoms with Crippen LogP contribution in [0, 0.1) is 6.92 Å². The standard InChI is InChI=1S/C15H18N2O2S/c1-11-14(16)9-6-10-15(11)20(18,19)17-12(2)13-7-4-3-5-8-13/h3-10,12,17H,16H2,1-2H3. The zero-order valence-electron chi connectivity index (χ0n) is 11.5. The van der Waals surface area contributed by atoms with Crippen LogP contribution in [-0.2, 0) is 10.0 Å². The third-order valence-corrected chi connectivity index (χ3v) is 4.93. The molecule has 2 aromatic rings. The van der Waals surface area contributed by atoms with Crippen molar-refractivity contribution in [3.05, 3.63) is 59.7 Å². The Morgan fingerprint density at radius 3 is 2.35 bits per heavy atom. The Morgan fingerprint density at radius 1 is 1.05 bits per heavy atom. The summed E-state index contributed by atoms with van der Waals surface area (Å²) in [5, 5.41) is 0. The quantitative estimate of drug-likeness (QED) is 0.850. The molecule has 1 atom stereocenters. The Morgan fingerprint density at radius 2 is 1.70 bits per heavy atom. The Labute approximate surface area is 119 Å². The van der Waals surface area contributed by atoms with E-state index in [0.29, 0.717) is 11.3 Å². The number of benzene rings is 2. The van der Waals surface area contributed by atoms with Crippen LogP contribution >= 0.6 is 0 Å². The SMILES string of the molecule is Cc1c(N)cccc1S(=O)(=O)NC(C)c1ccccc1. The second-order valence-electron chi connectivity index (χ2n) is 4.72. The van der Waals surface area contributed by atoms with E-state index in [-0.39, 0.29) is 10.9 Å².